The second-order valence-corrected chi connectivity index (χ2v) is 3.87. The lowest BCUT2D eigenvalue weighted by Gasteiger charge is -2.34. The van der Waals surface area contributed by atoms with E-state index < -0.39 is 0 Å². The van der Waals surface area contributed by atoms with Gasteiger partial charge in [0.15, 0.2) is 0 Å². The zero-order valence-corrected chi connectivity index (χ0v) is 8.23. The van der Waals surface area contributed by atoms with E-state index in [4.69, 9.17) is 0 Å². The highest BCUT2D eigenvalue weighted by molar-refractivity contribution is 5.86. The molecule has 1 saturated heterocycles. The maximum absolute atomic E-state index is 10.9. The van der Waals surface area contributed by atoms with Crippen LogP contribution in [0.25, 0.3) is 0 Å². The molecule has 1 heterocycles. The summed E-state index contributed by atoms with van der Waals surface area (Å²) in [7, 11) is 0. The molecule has 3 heteroatoms. The Bertz CT molecular complexity index is 195. The molecule has 0 bridgehead atoms. The number of carbonyl (C=O) groups excluding carboxylic acids is 1. The van der Waals surface area contributed by atoms with Crippen molar-refractivity contribution in [2.45, 2.75) is 31.7 Å². The van der Waals surface area contributed by atoms with Crippen molar-refractivity contribution in [1.29, 1.82) is 0 Å². The van der Waals surface area contributed by atoms with Gasteiger partial charge in [0.05, 0.1) is 0 Å². The van der Waals surface area contributed by atoms with E-state index in [0.717, 1.165) is 13.0 Å². The van der Waals surface area contributed by atoms with Gasteiger partial charge in [-0.1, -0.05) is 13.0 Å². The number of piperidine rings is 1. The van der Waals surface area contributed by atoms with Gasteiger partial charge in [-0.2, -0.15) is 0 Å². The molecule has 1 aliphatic heterocycles. The maximum Gasteiger partial charge on any atom is 0.243 e. The number of amides is 1. The van der Waals surface area contributed by atoms with Crippen molar-refractivity contribution in [1.82, 2.24) is 10.6 Å². The van der Waals surface area contributed by atoms with Crippen LogP contribution in [-0.2, 0) is 4.79 Å². The Morgan fingerprint density at radius 2 is 2.46 bits per heavy atom. The summed E-state index contributed by atoms with van der Waals surface area (Å²) in [6, 6.07) is 0. The number of rotatable bonds is 3. The van der Waals surface area contributed by atoms with Crippen molar-refractivity contribution in [3.8, 4) is 0 Å². The van der Waals surface area contributed by atoms with Gasteiger partial charge in [0.25, 0.3) is 0 Å². The van der Waals surface area contributed by atoms with Crippen molar-refractivity contribution in [2.24, 2.45) is 0 Å². The summed E-state index contributed by atoms with van der Waals surface area (Å²) in [5.74, 6) is -0.0893. The molecular formula is C10H18N2O. The summed E-state index contributed by atoms with van der Waals surface area (Å²) in [5, 5.41) is 6.25. The minimum atomic E-state index is -0.0893. The van der Waals surface area contributed by atoms with Crippen LogP contribution in [0.15, 0.2) is 12.7 Å². The Labute approximate surface area is 79.6 Å². The van der Waals surface area contributed by atoms with E-state index in [-0.39, 0.29) is 11.4 Å². The molecule has 0 saturated carbocycles. The van der Waals surface area contributed by atoms with Gasteiger partial charge in [-0.15, -0.1) is 0 Å². The molecule has 0 aromatic carbocycles. The predicted molar refractivity (Wildman–Crippen MR) is 53.5 cm³/mol. The molecule has 0 aromatic rings. The van der Waals surface area contributed by atoms with Crippen LogP contribution in [0.1, 0.15) is 26.2 Å². The van der Waals surface area contributed by atoms with Crippen LogP contribution in [0.3, 0.4) is 0 Å². The van der Waals surface area contributed by atoms with Gasteiger partial charge in [0, 0.05) is 12.1 Å². The Balaban J connectivity index is 2.32. The molecular weight excluding hydrogens is 164 g/mol. The minimum absolute atomic E-state index is 0.0803. The van der Waals surface area contributed by atoms with Crippen molar-refractivity contribution in [3.63, 3.8) is 0 Å². The highest BCUT2D eigenvalue weighted by Gasteiger charge is 2.25. The molecule has 74 valence electrons. The monoisotopic (exact) mass is 182 g/mol. The van der Waals surface area contributed by atoms with Gasteiger partial charge in [-0.25, -0.2) is 0 Å². The highest BCUT2D eigenvalue weighted by Crippen LogP contribution is 2.17. The fraction of sp³-hybridized carbons (Fsp3) is 0.700. The van der Waals surface area contributed by atoms with E-state index in [0.29, 0.717) is 6.54 Å². The van der Waals surface area contributed by atoms with Crippen LogP contribution < -0.4 is 10.6 Å². The largest absolute Gasteiger partial charge is 0.351 e. The van der Waals surface area contributed by atoms with E-state index >= 15 is 0 Å². The molecule has 1 aliphatic rings. The summed E-state index contributed by atoms with van der Waals surface area (Å²) < 4.78 is 0. The third-order valence-corrected chi connectivity index (χ3v) is 2.55. The molecule has 0 aromatic heterocycles. The van der Waals surface area contributed by atoms with Crippen LogP contribution >= 0.6 is 0 Å². The molecule has 1 fully saturated rings. The summed E-state index contributed by atoms with van der Waals surface area (Å²) in [6.45, 7) is 7.31. The Kier molecular flexibility index (Phi) is 3.48. The average molecular weight is 182 g/mol. The molecule has 0 aliphatic carbocycles. The van der Waals surface area contributed by atoms with Crippen LogP contribution in [-0.4, -0.2) is 24.5 Å². The quantitative estimate of drug-likeness (QED) is 0.634. The zero-order chi connectivity index (χ0) is 9.73. The van der Waals surface area contributed by atoms with E-state index in [1.54, 1.807) is 0 Å². The van der Waals surface area contributed by atoms with Crippen molar-refractivity contribution >= 4 is 5.91 Å². The lowest BCUT2D eigenvalue weighted by molar-refractivity contribution is -0.116. The molecule has 0 spiro atoms. The van der Waals surface area contributed by atoms with E-state index in [2.05, 4.69) is 24.1 Å². The van der Waals surface area contributed by atoms with Crippen molar-refractivity contribution in [3.05, 3.63) is 12.7 Å². The molecule has 1 atom stereocenters. The first kappa shape index (κ1) is 10.3. The molecule has 1 rings (SSSR count). The van der Waals surface area contributed by atoms with E-state index in [9.17, 15) is 4.79 Å². The molecule has 13 heavy (non-hydrogen) atoms. The van der Waals surface area contributed by atoms with Gasteiger partial charge < -0.3 is 10.6 Å². The molecule has 1 amide bonds. The molecule has 3 nitrogen and oxygen atoms in total. The fourth-order valence-electron chi connectivity index (χ4n) is 1.62. The minimum Gasteiger partial charge on any atom is -0.351 e. The fourth-order valence-corrected chi connectivity index (χ4v) is 1.62. The SMILES string of the molecule is C=CC(=O)NCC1(C)CCCCN1. The van der Waals surface area contributed by atoms with Crippen LogP contribution in [0.2, 0.25) is 0 Å². The van der Waals surface area contributed by atoms with Crippen molar-refractivity contribution in [2.75, 3.05) is 13.1 Å². The molecule has 0 radical (unpaired) electrons. The summed E-state index contributed by atoms with van der Waals surface area (Å²) in [4.78, 5) is 10.9. The summed E-state index contributed by atoms with van der Waals surface area (Å²) in [6.07, 6.45) is 4.93. The van der Waals surface area contributed by atoms with Gasteiger partial charge >= 0.3 is 0 Å². The van der Waals surface area contributed by atoms with Gasteiger partial charge in [0.2, 0.25) is 5.91 Å². The van der Waals surface area contributed by atoms with E-state index in [1.807, 2.05) is 0 Å². The second-order valence-electron chi connectivity index (χ2n) is 3.87. The van der Waals surface area contributed by atoms with Gasteiger partial charge in [-0.3, -0.25) is 4.79 Å². The predicted octanol–water partition coefficient (Wildman–Crippen LogP) is 0.821. The molecule has 1 unspecified atom stereocenters. The summed E-state index contributed by atoms with van der Waals surface area (Å²) in [5.41, 5.74) is 0.0803. The normalized spacial score (nSPS) is 28.1. The second kappa shape index (κ2) is 4.42. The lowest BCUT2D eigenvalue weighted by atomic mass is 9.91. The summed E-state index contributed by atoms with van der Waals surface area (Å²) >= 11 is 0. The Hall–Kier alpha value is -0.830. The number of carbonyl (C=O) groups is 1. The average Bonchev–Trinajstić information content (AvgIpc) is 2.15. The first-order valence-electron chi connectivity index (χ1n) is 4.82. The standard InChI is InChI=1S/C10H18N2O/c1-3-9(13)11-8-10(2)6-4-5-7-12-10/h3,12H,1,4-8H2,2H3,(H,11,13). The van der Waals surface area contributed by atoms with Gasteiger partial charge in [-0.05, 0) is 32.4 Å². The van der Waals surface area contributed by atoms with Crippen LogP contribution in [0, 0.1) is 0 Å². The molecule has 2 N–H and O–H groups in total. The van der Waals surface area contributed by atoms with Gasteiger partial charge in [0.1, 0.15) is 0 Å². The van der Waals surface area contributed by atoms with Crippen LogP contribution in [0.4, 0.5) is 0 Å². The third kappa shape index (κ3) is 3.19. The van der Waals surface area contributed by atoms with Crippen molar-refractivity contribution < 1.29 is 4.79 Å². The zero-order valence-electron chi connectivity index (χ0n) is 8.23. The Morgan fingerprint density at radius 1 is 1.69 bits per heavy atom. The number of nitrogens with one attached hydrogen (secondary N) is 2. The van der Waals surface area contributed by atoms with Crippen LogP contribution in [0.5, 0.6) is 0 Å². The number of hydrogen-bond acceptors (Lipinski definition) is 2. The highest BCUT2D eigenvalue weighted by atomic mass is 16.1. The smallest absolute Gasteiger partial charge is 0.243 e. The van der Waals surface area contributed by atoms with E-state index in [1.165, 1.54) is 18.9 Å². The first-order valence-corrected chi connectivity index (χ1v) is 4.82. The first-order chi connectivity index (χ1) is 6.16. The third-order valence-electron chi connectivity index (χ3n) is 2.55. The maximum atomic E-state index is 10.9. The lowest BCUT2D eigenvalue weighted by Crippen LogP contribution is -2.53. The Morgan fingerprint density at radius 3 is 3.00 bits per heavy atom. The number of hydrogen-bond donors (Lipinski definition) is 2. The topological polar surface area (TPSA) is 41.1 Å².